The fraction of sp³-hybridized carbons (Fsp3) is 0.333. The summed E-state index contributed by atoms with van der Waals surface area (Å²) >= 11 is 0. The molecular weight excluding hydrogens is 358 g/mol. The summed E-state index contributed by atoms with van der Waals surface area (Å²) in [6.07, 6.45) is 0.304. The summed E-state index contributed by atoms with van der Waals surface area (Å²) in [5.41, 5.74) is 8.00. The fourth-order valence-corrected chi connectivity index (χ4v) is 3.79. The minimum atomic E-state index is -0.839. The van der Waals surface area contributed by atoms with Gasteiger partial charge in [0.05, 0.1) is 18.1 Å². The minimum Gasteiger partial charge on any atom is -0.454 e. The number of nitrogens with two attached hydrogens (primary N) is 1. The van der Waals surface area contributed by atoms with E-state index >= 15 is 0 Å². The number of amides is 3. The molecule has 0 radical (unpaired) electrons. The summed E-state index contributed by atoms with van der Waals surface area (Å²) < 4.78 is 10.7. The maximum atomic E-state index is 13.2. The highest BCUT2D eigenvalue weighted by Crippen LogP contribution is 2.36. The molecule has 0 bridgehead atoms. The summed E-state index contributed by atoms with van der Waals surface area (Å²) in [5.74, 6) is 0.940. The van der Waals surface area contributed by atoms with E-state index in [1.807, 2.05) is 49.4 Å². The van der Waals surface area contributed by atoms with Crippen LogP contribution in [0.4, 0.5) is 4.79 Å². The Labute approximate surface area is 163 Å². The number of carbonyl (C=O) groups is 2. The van der Waals surface area contributed by atoms with Crippen molar-refractivity contribution in [3.05, 3.63) is 59.7 Å². The van der Waals surface area contributed by atoms with Gasteiger partial charge < -0.3 is 20.1 Å². The SMILES string of the molecule is C[C@H]1[C@@H](c2ccccc2)N(C(=O)[C@@H](N)Cc2ccc3c(c2)OCO3)C(=O)N1C. The third kappa shape index (κ3) is 3.07. The number of nitrogens with zero attached hydrogens (tertiary/aromatic N) is 2. The Balaban J connectivity index is 1.57. The van der Waals surface area contributed by atoms with E-state index in [0.717, 1.165) is 11.1 Å². The molecule has 3 amide bonds. The van der Waals surface area contributed by atoms with E-state index < -0.39 is 6.04 Å². The summed E-state index contributed by atoms with van der Waals surface area (Å²) in [6, 6.07) is 13.4. The molecule has 0 unspecified atom stereocenters. The maximum Gasteiger partial charge on any atom is 0.327 e. The molecule has 146 valence electrons. The van der Waals surface area contributed by atoms with Crippen LogP contribution in [0.3, 0.4) is 0 Å². The van der Waals surface area contributed by atoms with Crippen molar-refractivity contribution in [2.45, 2.75) is 31.5 Å². The van der Waals surface area contributed by atoms with Crippen LogP contribution >= 0.6 is 0 Å². The van der Waals surface area contributed by atoms with Crippen LogP contribution in [0.25, 0.3) is 0 Å². The predicted molar refractivity (Wildman–Crippen MR) is 103 cm³/mol. The third-order valence-electron chi connectivity index (χ3n) is 5.44. The summed E-state index contributed by atoms with van der Waals surface area (Å²) in [6.45, 7) is 2.13. The molecule has 2 aliphatic heterocycles. The van der Waals surface area contributed by atoms with Crippen molar-refractivity contribution in [1.29, 1.82) is 0 Å². The highest BCUT2D eigenvalue weighted by Gasteiger charge is 2.46. The zero-order chi connectivity index (χ0) is 19.8. The molecule has 2 aliphatic rings. The largest absolute Gasteiger partial charge is 0.454 e. The smallest absolute Gasteiger partial charge is 0.327 e. The van der Waals surface area contributed by atoms with E-state index in [4.69, 9.17) is 15.2 Å². The molecule has 0 aliphatic carbocycles. The first-order valence-corrected chi connectivity index (χ1v) is 9.26. The molecule has 0 spiro atoms. The van der Waals surface area contributed by atoms with Crippen molar-refractivity contribution in [3.8, 4) is 11.5 Å². The highest BCUT2D eigenvalue weighted by molar-refractivity contribution is 5.99. The van der Waals surface area contributed by atoms with Gasteiger partial charge in [-0.15, -0.1) is 0 Å². The molecule has 1 fully saturated rings. The second-order valence-corrected chi connectivity index (χ2v) is 7.20. The molecule has 2 heterocycles. The standard InChI is InChI=1S/C21H23N3O4/c1-13-19(15-6-4-3-5-7-15)24(21(26)23(13)2)20(25)16(22)10-14-8-9-17-18(11-14)28-12-27-17/h3-9,11,13,16,19H,10,12,22H2,1-2H3/t13-,16-,19-/m0/s1. The number of urea groups is 1. The summed E-state index contributed by atoms with van der Waals surface area (Å²) in [7, 11) is 1.71. The number of hydrogen-bond donors (Lipinski definition) is 1. The number of benzene rings is 2. The van der Waals surface area contributed by atoms with Gasteiger partial charge in [0.2, 0.25) is 12.7 Å². The first-order chi connectivity index (χ1) is 13.5. The van der Waals surface area contributed by atoms with E-state index in [0.29, 0.717) is 17.9 Å². The van der Waals surface area contributed by atoms with Crippen LogP contribution in [0.1, 0.15) is 24.1 Å². The zero-order valence-electron chi connectivity index (χ0n) is 15.9. The number of carbonyl (C=O) groups excluding carboxylic acids is 2. The van der Waals surface area contributed by atoms with E-state index in [2.05, 4.69) is 0 Å². The molecular formula is C21H23N3O4. The van der Waals surface area contributed by atoms with Crippen LogP contribution < -0.4 is 15.2 Å². The maximum absolute atomic E-state index is 13.2. The average Bonchev–Trinajstić information content (AvgIpc) is 3.26. The van der Waals surface area contributed by atoms with Crippen molar-refractivity contribution in [2.24, 2.45) is 5.73 Å². The Morgan fingerprint density at radius 3 is 2.64 bits per heavy atom. The molecule has 1 saturated heterocycles. The molecule has 7 nitrogen and oxygen atoms in total. The van der Waals surface area contributed by atoms with Crippen LogP contribution in [0.5, 0.6) is 11.5 Å². The quantitative estimate of drug-likeness (QED) is 0.878. The van der Waals surface area contributed by atoms with E-state index in [9.17, 15) is 9.59 Å². The number of rotatable bonds is 4. The number of ether oxygens (including phenoxy) is 2. The second kappa shape index (κ2) is 7.16. The van der Waals surface area contributed by atoms with Gasteiger partial charge in [0.15, 0.2) is 11.5 Å². The molecule has 4 rings (SSSR count). The van der Waals surface area contributed by atoms with Gasteiger partial charge in [-0.05, 0) is 36.6 Å². The first-order valence-electron chi connectivity index (χ1n) is 9.26. The van der Waals surface area contributed by atoms with Gasteiger partial charge in [-0.3, -0.25) is 9.69 Å². The number of likely N-dealkylation sites (N-methyl/N-ethyl adjacent to an activating group) is 1. The topological polar surface area (TPSA) is 85.1 Å². The van der Waals surface area contributed by atoms with E-state index in [1.165, 1.54) is 4.90 Å². The van der Waals surface area contributed by atoms with E-state index in [-0.39, 0.29) is 30.8 Å². The monoisotopic (exact) mass is 381 g/mol. The van der Waals surface area contributed by atoms with E-state index in [1.54, 1.807) is 18.0 Å². The molecule has 2 aromatic rings. The molecule has 2 N–H and O–H groups in total. The third-order valence-corrected chi connectivity index (χ3v) is 5.44. The van der Waals surface area contributed by atoms with Crippen LogP contribution in [0, 0.1) is 0 Å². The molecule has 0 saturated carbocycles. The lowest BCUT2D eigenvalue weighted by atomic mass is 9.99. The Hall–Kier alpha value is -3.06. The predicted octanol–water partition coefficient (Wildman–Crippen LogP) is 2.31. The number of hydrogen-bond acceptors (Lipinski definition) is 5. The molecule has 7 heteroatoms. The van der Waals surface area contributed by atoms with Crippen LogP contribution in [-0.4, -0.2) is 47.7 Å². The van der Waals surface area contributed by atoms with Gasteiger partial charge in [-0.2, -0.15) is 0 Å². The van der Waals surface area contributed by atoms with Gasteiger partial charge in [0, 0.05) is 7.05 Å². The zero-order valence-corrected chi connectivity index (χ0v) is 15.9. The van der Waals surface area contributed by atoms with Crippen molar-refractivity contribution in [3.63, 3.8) is 0 Å². The summed E-state index contributed by atoms with van der Waals surface area (Å²) in [4.78, 5) is 28.8. The van der Waals surface area contributed by atoms with Crippen LogP contribution in [0.2, 0.25) is 0 Å². The first kappa shape index (κ1) is 18.3. The summed E-state index contributed by atoms with van der Waals surface area (Å²) in [5, 5.41) is 0. The molecule has 28 heavy (non-hydrogen) atoms. The lowest BCUT2D eigenvalue weighted by Gasteiger charge is -2.26. The number of imide groups is 1. The molecule has 2 aromatic carbocycles. The van der Waals surface area contributed by atoms with Crippen LogP contribution in [-0.2, 0) is 11.2 Å². The fourth-order valence-electron chi connectivity index (χ4n) is 3.79. The highest BCUT2D eigenvalue weighted by atomic mass is 16.7. The van der Waals surface area contributed by atoms with Crippen molar-refractivity contribution < 1.29 is 19.1 Å². The lowest BCUT2D eigenvalue weighted by Crippen LogP contribution is -2.47. The van der Waals surface area contributed by atoms with Gasteiger partial charge in [0.1, 0.15) is 0 Å². The molecule has 0 aromatic heterocycles. The average molecular weight is 381 g/mol. The van der Waals surface area contributed by atoms with Gasteiger partial charge in [0.25, 0.3) is 0 Å². The minimum absolute atomic E-state index is 0.142. The van der Waals surface area contributed by atoms with Crippen molar-refractivity contribution in [2.75, 3.05) is 13.8 Å². The Bertz CT molecular complexity index is 902. The van der Waals surface area contributed by atoms with Crippen molar-refractivity contribution >= 4 is 11.9 Å². The molecule has 3 atom stereocenters. The Kier molecular flexibility index (Phi) is 4.68. The van der Waals surface area contributed by atoms with Crippen molar-refractivity contribution in [1.82, 2.24) is 9.80 Å². The lowest BCUT2D eigenvalue weighted by molar-refractivity contribution is -0.130. The Morgan fingerprint density at radius 2 is 1.89 bits per heavy atom. The normalized spacial score (nSPS) is 21.9. The second-order valence-electron chi connectivity index (χ2n) is 7.20. The van der Waals surface area contributed by atoms with Gasteiger partial charge in [-0.25, -0.2) is 4.79 Å². The van der Waals surface area contributed by atoms with Gasteiger partial charge in [-0.1, -0.05) is 36.4 Å². The Morgan fingerprint density at radius 1 is 1.18 bits per heavy atom. The van der Waals surface area contributed by atoms with Crippen LogP contribution in [0.15, 0.2) is 48.5 Å². The van der Waals surface area contributed by atoms with Gasteiger partial charge >= 0.3 is 6.03 Å². The number of fused-ring (bicyclic) bond motifs is 1.